The zero-order valence-corrected chi connectivity index (χ0v) is 17.0. The quantitative estimate of drug-likeness (QED) is 0.394. The van der Waals surface area contributed by atoms with Crippen molar-refractivity contribution in [3.8, 4) is 9.88 Å². The van der Waals surface area contributed by atoms with Crippen LogP contribution in [0, 0.1) is 0 Å². The van der Waals surface area contributed by atoms with E-state index in [2.05, 4.69) is 20.3 Å². The van der Waals surface area contributed by atoms with E-state index in [1.165, 1.54) is 11.3 Å². The van der Waals surface area contributed by atoms with Crippen molar-refractivity contribution in [2.24, 2.45) is 0 Å². The number of thiazole rings is 1. The largest absolute Gasteiger partial charge is 0.345 e. The molecule has 0 fully saturated rings. The van der Waals surface area contributed by atoms with Crippen molar-refractivity contribution in [1.29, 1.82) is 0 Å². The summed E-state index contributed by atoms with van der Waals surface area (Å²) in [7, 11) is 0. The van der Waals surface area contributed by atoms with Crippen molar-refractivity contribution in [3.63, 3.8) is 0 Å². The number of carbonyl (C=O) groups is 1. The lowest BCUT2D eigenvalue weighted by Crippen LogP contribution is -2.25. The number of carbonyl (C=O) groups excluding carboxylic acids is 1. The average Bonchev–Trinajstić information content (AvgIpc) is 3.43. The van der Waals surface area contributed by atoms with Crippen molar-refractivity contribution in [2.75, 3.05) is 0 Å². The van der Waals surface area contributed by atoms with Crippen LogP contribution in [0.2, 0.25) is 0 Å². The summed E-state index contributed by atoms with van der Waals surface area (Å²) in [5, 5.41) is 3.95. The van der Waals surface area contributed by atoms with Crippen molar-refractivity contribution in [3.05, 3.63) is 75.5 Å². The molecule has 0 aliphatic rings. The first-order chi connectivity index (χ1) is 14.1. The Morgan fingerprint density at radius 3 is 2.72 bits per heavy atom. The molecule has 3 N–H and O–H groups in total. The third-order valence-electron chi connectivity index (χ3n) is 4.72. The number of H-pyrrole nitrogens is 2. The van der Waals surface area contributed by atoms with Crippen molar-refractivity contribution >= 4 is 49.8 Å². The number of aromatic nitrogens is 3. The number of nitrogens with zero attached hydrogens (tertiary/aromatic N) is 1. The summed E-state index contributed by atoms with van der Waals surface area (Å²) in [5.74, 6) is -0.127. The normalized spacial score (nSPS) is 12.4. The highest BCUT2D eigenvalue weighted by Gasteiger charge is 2.16. The van der Waals surface area contributed by atoms with Gasteiger partial charge in [-0.25, -0.2) is 9.78 Å². The fourth-order valence-electron chi connectivity index (χ4n) is 3.22. The average molecular weight is 421 g/mol. The summed E-state index contributed by atoms with van der Waals surface area (Å²) in [6.45, 7) is 1.92. The summed E-state index contributed by atoms with van der Waals surface area (Å²) in [6.07, 6.45) is 0. The standard InChI is InChI=1S/C21H16N4O2S2/c1-11(12-6-7-13-15(10-12)25-21(27)24-13)22-19(26)17-8-9-18(28-17)20-23-14-4-2-3-5-16(14)29-20/h2-11H,1H3,(H,22,26)(H2,24,25,27). The van der Waals surface area contributed by atoms with Crippen molar-refractivity contribution in [1.82, 2.24) is 20.3 Å². The van der Waals surface area contributed by atoms with Gasteiger partial charge in [-0.05, 0) is 48.9 Å². The van der Waals surface area contributed by atoms with Gasteiger partial charge in [0.15, 0.2) is 0 Å². The molecule has 29 heavy (non-hydrogen) atoms. The first kappa shape index (κ1) is 17.8. The van der Waals surface area contributed by atoms with Crippen LogP contribution >= 0.6 is 22.7 Å². The van der Waals surface area contributed by atoms with E-state index in [0.717, 1.165) is 36.7 Å². The maximum atomic E-state index is 12.7. The molecule has 5 rings (SSSR count). The number of amides is 1. The Kier molecular flexibility index (Phi) is 4.30. The molecule has 5 aromatic rings. The van der Waals surface area contributed by atoms with Crippen LogP contribution in [-0.4, -0.2) is 20.9 Å². The number of rotatable bonds is 4. The second-order valence-corrected chi connectivity index (χ2v) is 8.84. The Morgan fingerprint density at radius 1 is 1.03 bits per heavy atom. The predicted octanol–water partition coefficient (Wildman–Crippen LogP) is 4.69. The van der Waals surface area contributed by atoms with Gasteiger partial charge in [0.1, 0.15) is 5.01 Å². The van der Waals surface area contributed by atoms with Gasteiger partial charge in [0.2, 0.25) is 0 Å². The molecule has 3 aromatic heterocycles. The Hall–Kier alpha value is -3.23. The number of imidazole rings is 1. The van der Waals surface area contributed by atoms with E-state index in [-0.39, 0.29) is 17.6 Å². The highest BCUT2D eigenvalue weighted by Crippen LogP contribution is 2.34. The lowest BCUT2D eigenvalue weighted by Gasteiger charge is -2.13. The van der Waals surface area contributed by atoms with Gasteiger partial charge in [-0.3, -0.25) is 4.79 Å². The maximum absolute atomic E-state index is 12.7. The number of para-hydroxylation sites is 1. The van der Waals surface area contributed by atoms with Gasteiger partial charge >= 0.3 is 5.69 Å². The van der Waals surface area contributed by atoms with Crippen LogP contribution in [0.3, 0.4) is 0 Å². The molecule has 1 amide bonds. The maximum Gasteiger partial charge on any atom is 0.323 e. The van der Waals surface area contributed by atoms with Gasteiger partial charge in [-0.1, -0.05) is 18.2 Å². The van der Waals surface area contributed by atoms with Gasteiger partial charge in [0.05, 0.1) is 37.0 Å². The smallest absolute Gasteiger partial charge is 0.323 e. The molecule has 1 atom stereocenters. The minimum Gasteiger partial charge on any atom is -0.345 e. The SMILES string of the molecule is CC(NC(=O)c1ccc(-c2nc3ccccc3s2)s1)c1ccc2[nH]c(=O)[nH]c2c1. The first-order valence-corrected chi connectivity index (χ1v) is 10.7. The Bertz CT molecular complexity index is 1380. The second-order valence-electron chi connectivity index (χ2n) is 6.73. The van der Waals surface area contributed by atoms with Gasteiger partial charge < -0.3 is 15.3 Å². The second kappa shape index (κ2) is 6.98. The van der Waals surface area contributed by atoms with E-state index < -0.39 is 0 Å². The van der Waals surface area contributed by atoms with E-state index >= 15 is 0 Å². The fourth-order valence-corrected chi connectivity index (χ4v) is 5.15. The molecule has 0 bridgehead atoms. The third kappa shape index (κ3) is 3.37. The molecule has 3 heterocycles. The molecule has 0 radical (unpaired) electrons. The monoisotopic (exact) mass is 420 g/mol. The third-order valence-corrected chi connectivity index (χ3v) is 7.01. The topological polar surface area (TPSA) is 90.6 Å². The lowest BCUT2D eigenvalue weighted by atomic mass is 10.1. The number of aromatic amines is 2. The van der Waals surface area contributed by atoms with Crippen LogP contribution < -0.4 is 11.0 Å². The predicted molar refractivity (Wildman–Crippen MR) is 118 cm³/mol. The molecule has 144 valence electrons. The molecule has 0 aliphatic heterocycles. The molecule has 1 unspecified atom stereocenters. The Labute approximate surface area is 173 Å². The zero-order chi connectivity index (χ0) is 20.0. The lowest BCUT2D eigenvalue weighted by molar-refractivity contribution is 0.0944. The van der Waals surface area contributed by atoms with E-state index in [0.29, 0.717) is 4.88 Å². The van der Waals surface area contributed by atoms with Gasteiger partial charge in [0.25, 0.3) is 5.91 Å². The van der Waals surface area contributed by atoms with Crippen LogP contribution in [0.25, 0.3) is 31.1 Å². The van der Waals surface area contributed by atoms with Crippen LogP contribution in [0.4, 0.5) is 0 Å². The summed E-state index contributed by atoms with van der Waals surface area (Å²) < 4.78 is 1.13. The van der Waals surface area contributed by atoms with Gasteiger partial charge in [-0.15, -0.1) is 22.7 Å². The molecule has 0 spiro atoms. The molecule has 0 aliphatic carbocycles. The minimum absolute atomic E-state index is 0.127. The number of nitrogens with one attached hydrogen (secondary N) is 3. The van der Waals surface area contributed by atoms with E-state index in [4.69, 9.17) is 0 Å². The minimum atomic E-state index is -0.241. The van der Waals surface area contributed by atoms with Gasteiger partial charge in [0, 0.05) is 0 Å². The highest BCUT2D eigenvalue weighted by molar-refractivity contribution is 7.26. The number of fused-ring (bicyclic) bond motifs is 2. The summed E-state index contributed by atoms with van der Waals surface area (Å²) in [6, 6.07) is 17.2. The Morgan fingerprint density at radius 2 is 1.86 bits per heavy atom. The Balaban J connectivity index is 1.35. The molecule has 0 saturated carbocycles. The molecule has 2 aromatic carbocycles. The molecular formula is C21H16N4O2S2. The molecule has 0 saturated heterocycles. The zero-order valence-electron chi connectivity index (χ0n) is 15.4. The van der Waals surface area contributed by atoms with Crippen LogP contribution in [0.15, 0.2) is 59.4 Å². The van der Waals surface area contributed by atoms with Crippen molar-refractivity contribution < 1.29 is 4.79 Å². The van der Waals surface area contributed by atoms with E-state index in [9.17, 15) is 9.59 Å². The fraction of sp³-hybridized carbons (Fsp3) is 0.0952. The number of hydrogen-bond acceptors (Lipinski definition) is 5. The van der Waals surface area contributed by atoms with E-state index in [1.54, 1.807) is 11.3 Å². The van der Waals surface area contributed by atoms with Crippen molar-refractivity contribution in [2.45, 2.75) is 13.0 Å². The molecular weight excluding hydrogens is 404 g/mol. The number of hydrogen-bond donors (Lipinski definition) is 3. The number of benzene rings is 2. The summed E-state index contributed by atoms with van der Waals surface area (Å²) in [4.78, 5) is 35.9. The molecule has 6 nitrogen and oxygen atoms in total. The summed E-state index contributed by atoms with van der Waals surface area (Å²) >= 11 is 3.06. The van der Waals surface area contributed by atoms with Crippen LogP contribution in [-0.2, 0) is 0 Å². The van der Waals surface area contributed by atoms with Gasteiger partial charge in [-0.2, -0.15) is 0 Å². The molecule has 8 heteroatoms. The summed E-state index contributed by atoms with van der Waals surface area (Å²) in [5.41, 5.74) is 3.12. The first-order valence-electron chi connectivity index (χ1n) is 9.05. The van der Waals surface area contributed by atoms with E-state index in [1.807, 2.05) is 61.5 Å². The number of thiophene rings is 1. The van der Waals surface area contributed by atoms with Crippen LogP contribution in [0.1, 0.15) is 28.2 Å². The van der Waals surface area contributed by atoms with Crippen LogP contribution in [0.5, 0.6) is 0 Å². The highest BCUT2D eigenvalue weighted by atomic mass is 32.1.